The standard InChI is InChI=1S/C20H22N4O3S/c1-13(14-5-7-15(26-3)8-6-14)22-23-19(25)12-28-20-21-17-11-16(27-4)9-10-18(17)24(20)2/h5-11H,12H2,1-4H3,(H,23,25). The monoisotopic (exact) mass is 398 g/mol. The largest absolute Gasteiger partial charge is 0.497 e. The predicted molar refractivity (Wildman–Crippen MR) is 111 cm³/mol. The molecule has 0 unspecified atom stereocenters. The van der Waals surface area contributed by atoms with Crippen molar-refractivity contribution < 1.29 is 14.3 Å². The molecule has 0 fully saturated rings. The van der Waals surface area contributed by atoms with Crippen molar-refractivity contribution in [1.82, 2.24) is 15.0 Å². The van der Waals surface area contributed by atoms with Crippen LogP contribution in [0.3, 0.4) is 0 Å². The van der Waals surface area contributed by atoms with Crippen molar-refractivity contribution >= 4 is 34.4 Å². The van der Waals surface area contributed by atoms with Crippen molar-refractivity contribution in [2.24, 2.45) is 12.1 Å². The second kappa shape index (κ2) is 8.79. The molecule has 0 atom stereocenters. The minimum absolute atomic E-state index is 0.192. The number of thioether (sulfide) groups is 1. The Hall–Kier alpha value is -3.00. The molecule has 1 N–H and O–H groups in total. The first-order valence-corrected chi connectivity index (χ1v) is 9.61. The van der Waals surface area contributed by atoms with E-state index in [0.29, 0.717) is 0 Å². The Balaban J connectivity index is 1.60. The van der Waals surface area contributed by atoms with Gasteiger partial charge in [-0.05, 0) is 48.9 Å². The molecule has 7 nitrogen and oxygen atoms in total. The van der Waals surface area contributed by atoms with Gasteiger partial charge in [-0.2, -0.15) is 5.10 Å². The Bertz CT molecular complexity index is 1010. The normalized spacial score (nSPS) is 11.5. The molecule has 1 aromatic heterocycles. The number of hydrazone groups is 1. The number of nitrogens with zero attached hydrogens (tertiary/aromatic N) is 3. The summed E-state index contributed by atoms with van der Waals surface area (Å²) in [5, 5.41) is 4.93. The maximum atomic E-state index is 12.2. The number of rotatable bonds is 7. The molecule has 28 heavy (non-hydrogen) atoms. The van der Waals surface area contributed by atoms with Gasteiger partial charge in [0.15, 0.2) is 5.16 Å². The zero-order valence-electron chi connectivity index (χ0n) is 16.2. The third-order valence-corrected chi connectivity index (χ3v) is 5.27. The zero-order valence-corrected chi connectivity index (χ0v) is 17.0. The van der Waals surface area contributed by atoms with E-state index < -0.39 is 0 Å². The summed E-state index contributed by atoms with van der Waals surface area (Å²) in [4.78, 5) is 16.7. The molecule has 2 aromatic carbocycles. The second-order valence-electron chi connectivity index (χ2n) is 6.06. The van der Waals surface area contributed by atoms with Crippen molar-refractivity contribution in [3.8, 4) is 11.5 Å². The lowest BCUT2D eigenvalue weighted by atomic mass is 10.1. The molecular formula is C20H22N4O3S. The Kier molecular flexibility index (Phi) is 6.20. The van der Waals surface area contributed by atoms with E-state index in [1.807, 2.05) is 61.0 Å². The van der Waals surface area contributed by atoms with Crippen molar-refractivity contribution in [3.05, 3.63) is 48.0 Å². The molecule has 1 heterocycles. The quantitative estimate of drug-likeness (QED) is 0.376. The predicted octanol–water partition coefficient (Wildman–Crippen LogP) is 3.22. The van der Waals surface area contributed by atoms with Crippen LogP contribution in [0.25, 0.3) is 11.0 Å². The molecule has 0 radical (unpaired) electrons. The number of fused-ring (bicyclic) bond motifs is 1. The van der Waals surface area contributed by atoms with E-state index in [9.17, 15) is 4.79 Å². The highest BCUT2D eigenvalue weighted by molar-refractivity contribution is 7.99. The van der Waals surface area contributed by atoms with Crippen LogP contribution in [-0.2, 0) is 11.8 Å². The number of aromatic nitrogens is 2. The van der Waals surface area contributed by atoms with Gasteiger partial charge in [0.25, 0.3) is 5.91 Å². The molecule has 3 rings (SSSR count). The van der Waals surface area contributed by atoms with Gasteiger partial charge in [-0.15, -0.1) is 0 Å². The number of hydrogen-bond donors (Lipinski definition) is 1. The van der Waals surface area contributed by atoms with Crippen LogP contribution in [0.4, 0.5) is 0 Å². The van der Waals surface area contributed by atoms with E-state index >= 15 is 0 Å². The van der Waals surface area contributed by atoms with Gasteiger partial charge in [0.05, 0.1) is 36.7 Å². The number of benzene rings is 2. The summed E-state index contributed by atoms with van der Waals surface area (Å²) in [7, 11) is 5.17. The SMILES string of the molecule is COc1ccc(C(C)=NNC(=O)CSc2nc3cc(OC)ccc3n2C)cc1. The van der Waals surface area contributed by atoms with E-state index in [-0.39, 0.29) is 11.7 Å². The highest BCUT2D eigenvalue weighted by Gasteiger charge is 2.11. The molecule has 0 saturated carbocycles. The highest BCUT2D eigenvalue weighted by Crippen LogP contribution is 2.25. The van der Waals surface area contributed by atoms with E-state index in [1.54, 1.807) is 14.2 Å². The topological polar surface area (TPSA) is 77.7 Å². The van der Waals surface area contributed by atoms with Crippen LogP contribution in [0.5, 0.6) is 11.5 Å². The smallest absolute Gasteiger partial charge is 0.250 e. The Morgan fingerprint density at radius 2 is 1.82 bits per heavy atom. The summed E-state index contributed by atoms with van der Waals surface area (Å²) in [5.41, 5.74) is 6.04. The van der Waals surface area contributed by atoms with Crippen LogP contribution in [0.2, 0.25) is 0 Å². The van der Waals surface area contributed by atoms with Gasteiger partial charge in [0, 0.05) is 13.1 Å². The van der Waals surface area contributed by atoms with E-state index in [1.165, 1.54) is 11.8 Å². The lowest BCUT2D eigenvalue weighted by Gasteiger charge is -2.05. The molecule has 0 saturated heterocycles. The first kappa shape index (κ1) is 19.8. The fraction of sp³-hybridized carbons (Fsp3) is 0.250. The molecule has 0 aliphatic carbocycles. The number of methoxy groups -OCH3 is 2. The fourth-order valence-corrected chi connectivity index (χ4v) is 3.40. The number of aryl methyl sites for hydroxylation is 1. The van der Waals surface area contributed by atoms with Gasteiger partial charge in [-0.3, -0.25) is 4.79 Å². The number of carbonyl (C=O) groups is 1. The number of amides is 1. The Morgan fingerprint density at radius 3 is 2.50 bits per heavy atom. The van der Waals surface area contributed by atoms with Crippen LogP contribution < -0.4 is 14.9 Å². The zero-order chi connectivity index (χ0) is 20.1. The highest BCUT2D eigenvalue weighted by atomic mass is 32.2. The number of carbonyl (C=O) groups excluding carboxylic acids is 1. The number of hydrogen-bond acceptors (Lipinski definition) is 6. The minimum Gasteiger partial charge on any atom is -0.497 e. The average molecular weight is 398 g/mol. The van der Waals surface area contributed by atoms with Crippen molar-refractivity contribution in [1.29, 1.82) is 0 Å². The summed E-state index contributed by atoms with van der Waals surface area (Å²) in [6, 6.07) is 13.2. The fourth-order valence-electron chi connectivity index (χ4n) is 2.62. The van der Waals surface area contributed by atoms with Crippen molar-refractivity contribution in [2.75, 3.05) is 20.0 Å². The molecule has 146 valence electrons. The molecule has 0 aliphatic heterocycles. The summed E-state index contributed by atoms with van der Waals surface area (Å²) >= 11 is 1.36. The van der Waals surface area contributed by atoms with Crippen LogP contribution in [0.1, 0.15) is 12.5 Å². The molecule has 0 aliphatic rings. The van der Waals surface area contributed by atoms with Crippen LogP contribution >= 0.6 is 11.8 Å². The van der Waals surface area contributed by atoms with Crippen LogP contribution in [0.15, 0.2) is 52.7 Å². The maximum absolute atomic E-state index is 12.2. The third kappa shape index (κ3) is 4.45. The number of ether oxygens (including phenoxy) is 2. The van der Waals surface area contributed by atoms with Gasteiger partial charge in [0.2, 0.25) is 0 Å². The van der Waals surface area contributed by atoms with Crippen LogP contribution in [-0.4, -0.2) is 41.1 Å². The molecule has 3 aromatic rings. The Labute approximate surface area is 167 Å². The van der Waals surface area contributed by atoms with Gasteiger partial charge in [-0.1, -0.05) is 11.8 Å². The van der Waals surface area contributed by atoms with E-state index in [4.69, 9.17) is 9.47 Å². The van der Waals surface area contributed by atoms with Crippen molar-refractivity contribution in [2.45, 2.75) is 12.1 Å². The summed E-state index contributed by atoms with van der Waals surface area (Å²) in [5.74, 6) is 1.55. The van der Waals surface area contributed by atoms with Crippen LogP contribution in [0, 0.1) is 0 Å². The summed E-state index contributed by atoms with van der Waals surface area (Å²) in [6.07, 6.45) is 0. The van der Waals surface area contributed by atoms with Gasteiger partial charge in [-0.25, -0.2) is 10.4 Å². The average Bonchev–Trinajstić information content (AvgIpc) is 3.05. The van der Waals surface area contributed by atoms with E-state index in [2.05, 4.69) is 15.5 Å². The Morgan fingerprint density at radius 1 is 1.14 bits per heavy atom. The summed E-state index contributed by atoms with van der Waals surface area (Å²) in [6.45, 7) is 1.84. The van der Waals surface area contributed by atoms with Gasteiger partial charge >= 0.3 is 0 Å². The second-order valence-corrected chi connectivity index (χ2v) is 7.00. The summed E-state index contributed by atoms with van der Waals surface area (Å²) < 4.78 is 12.3. The first-order chi connectivity index (χ1) is 13.5. The van der Waals surface area contributed by atoms with E-state index in [0.717, 1.165) is 39.0 Å². The van der Waals surface area contributed by atoms with Gasteiger partial charge in [0.1, 0.15) is 11.5 Å². The van der Waals surface area contributed by atoms with Crippen molar-refractivity contribution in [3.63, 3.8) is 0 Å². The minimum atomic E-state index is -0.192. The molecule has 1 amide bonds. The lowest BCUT2D eigenvalue weighted by Crippen LogP contribution is -2.21. The molecule has 0 spiro atoms. The lowest BCUT2D eigenvalue weighted by molar-refractivity contribution is -0.118. The number of imidazole rings is 1. The molecule has 0 bridgehead atoms. The van der Waals surface area contributed by atoms with Gasteiger partial charge < -0.3 is 14.0 Å². The third-order valence-electron chi connectivity index (χ3n) is 4.24. The maximum Gasteiger partial charge on any atom is 0.250 e. The number of nitrogens with one attached hydrogen (secondary N) is 1. The molecular weight excluding hydrogens is 376 g/mol. The molecule has 8 heteroatoms. The first-order valence-electron chi connectivity index (χ1n) is 8.62.